The van der Waals surface area contributed by atoms with Gasteiger partial charge in [-0.2, -0.15) is 0 Å². The Kier molecular flexibility index (Phi) is 1.98. The van der Waals surface area contributed by atoms with E-state index in [0.29, 0.717) is 12.1 Å². The zero-order valence-electron chi connectivity index (χ0n) is 13.5. The lowest BCUT2D eigenvalue weighted by atomic mass is 9.98. The molecule has 0 radical (unpaired) electrons. The number of piperidine rings is 1. The first-order chi connectivity index (χ1) is 9.36. The zero-order chi connectivity index (χ0) is 14.5. The number of hydrogen-bond donors (Lipinski definition) is 1. The van der Waals surface area contributed by atoms with E-state index in [1.807, 2.05) is 18.4 Å². The van der Waals surface area contributed by atoms with E-state index in [1.54, 1.807) is 0 Å². The van der Waals surface area contributed by atoms with E-state index in [0.717, 1.165) is 18.7 Å². The van der Waals surface area contributed by atoms with Crippen molar-refractivity contribution in [2.75, 3.05) is 0 Å². The average Bonchev–Trinajstić information content (AvgIpc) is 2.92. The van der Waals surface area contributed by atoms with Gasteiger partial charge in [-0.3, -0.25) is 0 Å². The molecule has 3 heterocycles. The number of aryl methyl sites for hydroxylation is 1. The molecule has 0 aliphatic carbocycles. The fraction of sp³-hybridized carbons (Fsp3) is 0.846. The van der Waals surface area contributed by atoms with Crippen molar-refractivity contribution in [3.63, 3.8) is 0 Å². The summed E-state index contributed by atoms with van der Waals surface area (Å²) in [6.45, 7) is 1.89. The highest BCUT2D eigenvalue weighted by molar-refractivity contribution is 5.05. The number of fused-ring (bicyclic) bond motifs is 2. The van der Waals surface area contributed by atoms with E-state index < -0.39 is 6.85 Å². The molecule has 1 aromatic rings. The van der Waals surface area contributed by atoms with Crippen LogP contribution in [0.3, 0.4) is 0 Å². The van der Waals surface area contributed by atoms with Crippen molar-refractivity contribution >= 4 is 0 Å². The fourth-order valence-corrected chi connectivity index (χ4v) is 3.30. The van der Waals surface area contributed by atoms with Crippen LogP contribution in [0.5, 0.6) is 0 Å². The Morgan fingerprint density at radius 3 is 2.59 bits per heavy atom. The molecule has 2 fully saturated rings. The first-order valence-corrected chi connectivity index (χ1v) is 6.57. The van der Waals surface area contributed by atoms with Crippen LogP contribution in [0.4, 0.5) is 0 Å². The third-order valence-electron chi connectivity index (χ3n) is 4.05. The van der Waals surface area contributed by atoms with Crippen molar-refractivity contribution < 1.29 is 4.11 Å². The van der Waals surface area contributed by atoms with Gasteiger partial charge in [0.15, 0.2) is 0 Å². The predicted molar refractivity (Wildman–Crippen MR) is 67.1 cm³/mol. The summed E-state index contributed by atoms with van der Waals surface area (Å²) in [4.78, 5) is 0. The van der Waals surface area contributed by atoms with Gasteiger partial charge in [0.2, 0.25) is 0 Å². The summed E-state index contributed by atoms with van der Waals surface area (Å²) in [5.41, 5.74) is 0. The summed E-state index contributed by atoms with van der Waals surface area (Å²) in [5.74, 6) is 1.15. The molecule has 0 amide bonds. The van der Waals surface area contributed by atoms with Crippen LogP contribution in [0.15, 0.2) is 0 Å². The van der Waals surface area contributed by atoms with Gasteiger partial charge in [-0.25, -0.2) is 0 Å². The van der Waals surface area contributed by atoms with Gasteiger partial charge >= 0.3 is 0 Å². The standard InChI is InChI=1S/C13H22N4/c1-8(2)13-16-15-9(3)17(13)12-6-10-4-5-11(7-12)14-10/h8,10-12,14H,4-7H2,1-3H3/i3D3. The zero-order valence-corrected chi connectivity index (χ0v) is 10.5. The molecule has 2 atom stereocenters. The minimum atomic E-state index is -2.19. The van der Waals surface area contributed by atoms with Gasteiger partial charge in [0, 0.05) is 28.2 Å². The van der Waals surface area contributed by atoms with Crippen molar-refractivity contribution in [3.05, 3.63) is 11.6 Å². The van der Waals surface area contributed by atoms with Crippen LogP contribution < -0.4 is 5.32 Å². The van der Waals surface area contributed by atoms with Gasteiger partial charge in [-0.15, -0.1) is 10.2 Å². The van der Waals surface area contributed by atoms with E-state index in [4.69, 9.17) is 4.11 Å². The number of hydrogen-bond acceptors (Lipinski definition) is 3. The summed E-state index contributed by atoms with van der Waals surface area (Å²) >= 11 is 0. The lowest BCUT2D eigenvalue weighted by molar-refractivity contribution is 0.288. The molecule has 94 valence electrons. The molecule has 2 saturated heterocycles. The number of nitrogens with zero attached hydrogens (tertiary/aromatic N) is 3. The largest absolute Gasteiger partial charge is 0.312 e. The Morgan fingerprint density at radius 1 is 1.29 bits per heavy atom. The Balaban J connectivity index is 2.00. The molecule has 2 aliphatic rings. The maximum Gasteiger partial charge on any atom is 0.135 e. The van der Waals surface area contributed by atoms with Crippen LogP contribution in [0, 0.1) is 6.85 Å². The molecule has 4 heteroatoms. The molecular weight excluding hydrogens is 212 g/mol. The van der Waals surface area contributed by atoms with Crippen molar-refractivity contribution in [2.45, 2.75) is 70.4 Å². The van der Waals surface area contributed by atoms with E-state index in [9.17, 15) is 0 Å². The second-order valence-electron chi connectivity index (χ2n) is 5.67. The summed E-state index contributed by atoms with van der Waals surface area (Å²) in [6.07, 6.45) is 4.36. The summed E-state index contributed by atoms with van der Waals surface area (Å²) in [6, 6.07) is 1.26. The number of rotatable bonds is 2. The summed E-state index contributed by atoms with van der Waals surface area (Å²) in [5, 5.41) is 11.7. The maximum atomic E-state index is 7.70. The van der Waals surface area contributed by atoms with Crippen molar-refractivity contribution in [3.8, 4) is 0 Å². The minimum Gasteiger partial charge on any atom is -0.312 e. The van der Waals surface area contributed by atoms with Crippen LogP contribution >= 0.6 is 0 Å². The summed E-state index contributed by atoms with van der Waals surface area (Å²) < 4.78 is 25.0. The number of nitrogens with one attached hydrogen (secondary N) is 1. The first-order valence-electron chi connectivity index (χ1n) is 8.07. The van der Waals surface area contributed by atoms with Crippen LogP contribution in [0.1, 0.15) is 67.3 Å². The highest BCUT2D eigenvalue weighted by atomic mass is 15.3. The van der Waals surface area contributed by atoms with Crippen molar-refractivity contribution in [1.82, 2.24) is 20.1 Å². The van der Waals surface area contributed by atoms with Gasteiger partial charge in [0.05, 0.1) is 0 Å². The molecule has 0 spiro atoms. The Labute approximate surface area is 107 Å². The predicted octanol–water partition coefficient (Wildman–Crippen LogP) is 2.17. The molecule has 0 aromatic carbocycles. The van der Waals surface area contributed by atoms with Crippen LogP contribution in [0.2, 0.25) is 0 Å². The van der Waals surface area contributed by atoms with E-state index >= 15 is 0 Å². The lowest BCUT2D eigenvalue weighted by Crippen LogP contribution is -2.39. The quantitative estimate of drug-likeness (QED) is 0.857. The Bertz CT molecular complexity index is 482. The highest BCUT2D eigenvalue weighted by Gasteiger charge is 2.35. The Hall–Kier alpha value is -0.900. The minimum absolute atomic E-state index is 0.160. The average molecular weight is 237 g/mol. The molecule has 0 saturated carbocycles. The molecule has 1 aromatic heterocycles. The van der Waals surface area contributed by atoms with Gasteiger partial charge < -0.3 is 9.88 Å². The third-order valence-corrected chi connectivity index (χ3v) is 4.05. The molecule has 17 heavy (non-hydrogen) atoms. The number of aromatic nitrogens is 3. The first kappa shape index (κ1) is 8.25. The van der Waals surface area contributed by atoms with Gasteiger partial charge in [0.25, 0.3) is 0 Å². The molecule has 1 N–H and O–H groups in total. The van der Waals surface area contributed by atoms with Crippen LogP contribution in [0.25, 0.3) is 0 Å². The van der Waals surface area contributed by atoms with E-state index in [-0.39, 0.29) is 17.8 Å². The second kappa shape index (κ2) is 4.09. The smallest absolute Gasteiger partial charge is 0.135 e. The normalized spacial score (nSPS) is 35.7. The topological polar surface area (TPSA) is 42.7 Å². The van der Waals surface area contributed by atoms with Crippen molar-refractivity contribution in [1.29, 1.82) is 0 Å². The lowest BCUT2D eigenvalue weighted by Gasteiger charge is -2.31. The molecule has 2 aliphatic heterocycles. The fourth-order valence-electron chi connectivity index (χ4n) is 3.30. The highest BCUT2D eigenvalue weighted by Crippen LogP contribution is 2.35. The molecular formula is C13H22N4. The third kappa shape index (κ3) is 1.88. The molecule has 2 bridgehead atoms. The SMILES string of the molecule is [2H]C([2H])([2H])c1nnc(C(C)C)n1C1CC2CCC(C1)N2. The maximum absolute atomic E-state index is 7.70. The monoisotopic (exact) mass is 237 g/mol. The van der Waals surface area contributed by atoms with Gasteiger partial charge in [-0.05, 0) is 32.5 Å². The Morgan fingerprint density at radius 2 is 2.00 bits per heavy atom. The molecule has 3 rings (SSSR count). The molecule has 4 nitrogen and oxygen atoms in total. The van der Waals surface area contributed by atoms with Crippen molar-refractivity contribution in [2.24, 2.45) is 0 Å². The summed E-state index contributed by atoms with van der Waals surface area (Å²) in [7, 11) is 0. The van der Waals surface area contributed by atoms with E-state index in [1.165, 1.54) is 12.8 Å². The van der Waals surface area contributed by atoms with E-state index in [2.05, 4.69) is 15.5 Å². The van der Waals surface area contributed by atoms with Gasteiger partial charge in [-0.1, -0.05) is 13.8 Å². The van der Waals surface area contributed by atoms with Gasteiger partial charge in [0.1, 0.15) is 11.6 Å². The van der Waals surface area contributed by atoms with Crippen LogP contribution in [-0.2, 0) is 0 Å². The molecule has 2 unspecified atom stereocenters. The second-order valence-corrected chi connectivity index (χ2v) is 5.67. The van der Waals surface area contributed by atoms with Crippen LogP contribution in [-0.4, -0.2) is 26.8 Å².